The average Bonchev–Trinajstić information content (AvgIpc) is 3.45. The number of esters is 2. The molecular weight excluding hydrogens is 821 g/mol. The molecule has 1 radical (unpaired) electrons. The molecule has 1 aromatic rings. The van der Waals surface area contributed by atoms with Gasteiger partial charge in [-0.3, -0.25) is 14.4 Å². The maximum atomic E-state index is 14.2. The van der Waals surface area contributed by atoms with Gasteiger partial charge in [-0.2, -0.15) is 0 Å². The number of aliphatic hydroxyl groups excluding tert-OH is 2. The van der Waals surface area contributed by atoms with Gasteiger partial charge in [0.15, 0.2) is 11.9 Å². The van der Waals surface area contributed by atoms with Crippen molar-refractivity contribution in [2.45, 2.75) is 109 Å². The van der Waals surface area contributed by atoms with E-state index in [-0.39, 0.29) is 75.5 Å². The van der Waals surface area contributed by atoms with E-state index in [1.807, 2.05) is 0 Å². The van der Waals surface area contributed by atoms with Gasteiger partial charge in [-0.15, -0.1) is 11.3 Å². The van der Waals surface area contributed by atoms with E-state index in [9.17, 15) is 39.6 Å². The van der Waals surface area contributed by atoms with Crippen molar-refractivity contribution in [2.75, 3.05) is 6.61 Å². The van der Waals surface area contributed by atoms with E-state index in [4.69, 9.17) is 14.2 Å². The van der Waals surface area contributed by atoms with Crippen molar-refractivity contribution < 1.29 is 97.9 Å². The summed E-state index contributed by atoms with van der Waals surface area (Å²) in [6.45, 7) is 8.80. The fraction of sp³-hybridized carbons (Fsp3) is 0.677. The Kier molecular flexibility index (Phi) is 10.3. The predicted molar refractivity (Wildman–Crippen MR) is 155 cm³/mol. The van der Waals surface area contributed by atoms with Crippen LogP contribution in [0.25, 0.3) is 0 Å². The first-order valence-electron chi connectivity index (χ1n) is 14.7. The fourth-order valence-electron chi connectivity index (χ4n) is 8.14. The molecular formula is C31H41AcNO11S. The molecule has 1 aromatic heterocycles. The Morgan fingerprint density at radius 2 is 1.82 bits per heavy atom. The van der Waals surface area contributed by atoms with Gasteiger partial charge in [-0.25, -0.2) is 4.79 Å². The molecule has 2 heterocycles. The van der Waals surface area contributed by atoms with E-state index < -0.39 is 88.1 Å². The third-order valence-electron chi connectivity index (χ3n) is 10.5. The zero-order chi connectivity index (χ0) is 32.6. The number of carbonyl (C=O) groups is 4. The Morgan fingerprint density at radius 1 is 1.16 bits per heavy atom. The van der Waals surface area contributed by atoms with Crippen LogP contribution in [0, 0.1) is 60.8 Å². The van der Waals surface area contributed by atoms with E-state index in [2.05, 4.69) is 5.32 Å². The topological polar surface area (TPSA) is 189 Å². The van der Waals surface area contributed by atoms with Crippen LogP contribution in [0.15, 0.2) is 28.7 Å². The molecule has 2 bridgehead atoms. The van der Waals surface area contributed by atoms with Gasteiger partial charge < -0.3 is 40.0 Å². The van der Waals surface area contributed by atoms with Gasteiger partial charge >= 0.3 is 11.9 Å². The number of thiophene rings is 1. The Bertz CT molecular complexity index is 1400. The van der Waals surface area contributed by atoms with Crippen LogP contribution in [-0.4, -0.2) is 92.4 Å². The number of amides is 1. The number of rotatable bonds is 6. The van der Waals surface area contributed by atoms with Crippen molar-refractivity contribution in [3.63, 3.8) is 0 Å². The van der Waals surface area contributed by atoms with Crippen LogP contribution in [0.3, 0.4) is 0 Å². The largest absolute Gasteiger partial charge is 0.459 e. The van der Waals surface area contributed by atoms with Crippen LogP contribution in [0.5, 0.6) is 0 Å². The number of Topliss-reactive ketones (excluding diaryl/α,β-unsaturated/α-hetero) is 1. The van der Waals surface area contributed by atoms with Crippen LogP contribution in [0.1, 0.15) is 71.7 Å². The Hall–Kier alpha value is -1.24. The zero-order valence-electron chi connectivity index (χ0n) is 26.2. The number of ether oxygens (including phenoxy) is 3. The molecule has 245 valence electrons. The maximum Gasteiger partial charge on any atom is 0.338 e. The first-order chi connectivity index (χ1) is 20.4. The fourth-order valence-corrected chi connectivity index (χ4v) is 8.95. The van der Waals surface area contributed by atoms with Crippen LogP contribution in [0.4, 0.5) is 0 Å². The quantitative estimate of drug-likeness (QED) is 0.258. The molecule has 1 saturated heterocycles. The standard InChI is InChI=1S/C31H41NO11S.Ac/c1-14-18(43-27(38)24(37)23(32-15(2)33)19-8-7-9-44-19)12-31(40)26(42-16(3)34)25-29(6,11-17(35)22(14)28(31,4)5)20(36)10-21-30(25,39)13-41-21;/h7-9,18,20-21,23-26,36-37,39-40H,10-13H2,1-6H3,(H,32,33);/t18?,20-,21+,23-,24+,25-,26-,29+,30-,31+;/m0./s1. The van der Waals surface area contributed by atoms with Crippen molar-refractivity contribution in [3.05, 3.63) is 33.5 Å². The molecule has 12 nitrogen and oxygen atoms in total. The van der Waals surface area contributed by atoms with Crippen LogP contribution < -0.4 is 5.32 Å². The Morgan fingerprint density at radius 3 is 2.36 bits per heavy atom. The van der Waals surface area contributed by atoms with Crippen molar-refractivity contribution in [2.24, 2.45) is 16.7 Å². The van der Waals surface area contributed by atoms with E-state index >= 15 is 0 Å². The van der Waals surface area contributed by atoms with Crippen molar-refractivity contribution in [1.29, 1.82) is 0 Å². The maximum absolute atomic E-state index is 14.2. The summed E-state index contributed by atoms with van der Waals surface area (Å²) in [5.74, 6) is -3.87. The van der Waals surface area contributed by atoms with Gasteiger partial charge in [-0.1, -0.05) is 26.8 Å². The second-order valence-corrected chi connectivity index (χ2v) is 14.5. The molecule has 45 heavy (non-hydrogen) atoms. The molecule has 2 saturated carbocycles. The second-order valence-electron chi connectivity index (χ2n) is 13.5. The molecule has 3 fully saturated rings. The summed E-state index contributed by atoms with van der Waals surface area (Å²) in [5, 5.41) is 51.4. The number of hydrogen-bond acceptors (Lipinski definition) is 12. The van der Waals surface area contributed by atoms with Gasteiger partial charge in [0.1, 0.15) is 29.5 Å². The van der Waals surface area contributed by atoms with Crippen LogP contribution >= 0.6 is 11.3 Å². The predicted octanol–water partition coefficient (Wildman–Crippen LogP) is 1.10. The summed E-state index contributed by atoms with van der Waals surface area (Å²) >= 11 is 1.23. The molecule has 1 aliphatic heterocycles. The second kappa shape index (κ2) is 12.7. The van der Waals surface area contributed by atoms with Crippen LogP contribution in [0.2, 0.25) is 0 Å². The Labute approximate surface area is 301 Å². The zero-order valence-corrected chi connectivity index (χ0v) is 31.8. The number of aliphatic hydroxyl groups is 4. The first-order valence-corrected chi connectivity index (χ1v) is 15.6. The van der Waals surface area contributed by atoms with E-state index in [1.165, 1.54) is 25.2 Å². The molecule has 5 N–H and O–H groups in total. The van der Waals surface area contributed by atoms with E-state index in [0.717, 1.165) is 0 Å². The molecule has 0 aromatic carbocycles. The minimum atomic E-state index is -2.09. The molecule has 0 spiro atoms. The summed E-state index contributed by atoms with van der Waals surface area (Å²) in [5.41, 5.74) is -5.90. The van der Waals surface area contributed by atoms with Crippen LogP contribution in [-0.2, 0) is 33.4 Å². The monoisotopic (exact) mass is 862 g/mol. The number of fused-ring (bicyclic) bond motifs is 5. The van der Waals surface area contributed by atoms with Gasteiger partial charge in [-0.05, 0) is 23.9 Å². The molecule has 1 unspecified atom stereocenters. The normalized spacial score (nSPS) is 38.1. The summed E-state index contributed by atoms with van der Waals surface area (Å²) < 4.78 is 17.3. The summed E-state index contributed by atoms with van der Waals surface area (Å²) in [4.78, 5) is 52.7. The molecule has 14 heteroatoms. The van der Waals surface area contributed by atoms with Gasteiger partial charge in [0.05, 0.1) is 18.8 Å². The SMILES string of the molecule is CC(=O)N[C@@H](c1cccs1)[C@@H](O)C(=O)OC1C[C@@]2(O)[C@@H](OC(C)=O)[C@H]3[C@](C)(CC(=O)C(=C1C)C2(C)C)[C@@H](O)C[C@H]1OC[C@]13O.[Ac]. The average molecular weight is 863 g/mol. The minimum Gasteiger partial charge on any atom is -0.459 e. The number of hydrogen-bond donors (Lipinski definition) is 5. The number of ketones is 1. The van der Waals surface area contributed by atoms with Gasteiger partial charge in [0.25, 0.3) is 0 Å². The smallest absolute Gasteiger partial charge is 0.338 e. The molecule has 10 atom stereocenters. The molecule has 5 rings (SSSR count). The third-order valence-corrected chi connectivity index (χ3v) is 11.5. The van der Waals surface area contributed by atoms with Gasteiger partial charge in [0, 0.05) is 104 Å². The van der Waals surface area contributed by atoms with Crippen molar-refractivity contribution >= 4 is 35.0 Å². The van der Waals surface area contributed by atoms with Crippen molar-refractivity contribution in [3.8, 4) is 0 Å². The first kappa shape index (κ1) is 36.6. The van der Waals surface area contributed by atoms with E-state index in [0.29, 0.717) is 10.5 Å². The number of nitrogens with one attached hydrogen (secondary N) is 1. The molecule has 4 aliphatic rings. The van der Waals surface area contributed by atoms with E-state index in [1.54, 1.807) is 45.2 Å². The molecule has 3 aliphatic carbocycles. The minimum absolute atomic E-state index is 0. The Balaban J connectivity index is 0.00000461. The molecule has 1 amide bonds. The van der Waals surface area contributed by atoms with Gasteiger partial charge in [0.2, 0.25) is 5.91 Å². The summed E-state index contributed by atoms with van der Waals surface area (Å²) in [7, 11) is 0. The summed E-state index contributed by atoms with van der Waals surface area (Å²) in [6, 6.07) is 2.25. The van der Waals surface area contributed by atoms with Crippen molar-refractivity contribution in [1.82, 2.24) is 5.32 Å². The third kappa shape index (κ3) is 5.79. The number of carbonyl (C=O) groups excluding carboxylic acids is 4. The summed E-state index contributed by atoms with van der Waals surface area (Å²) in [6.07, 6.45) is -6.99.